The molecule has 2 aromatic heterocycles. The summed E-state index contributed by atoms with van der Waals surface area (Å²) in [5.41, 5.74) is 3.09. The van der Waals surface area contributed by atoms with E-state index in [1.165, 1.54) is 16.9 Å². The SMILES string of the molecule is CC(C)Oc1cc(C(=O)Nc2nncs2)cc(O[C@H](C)Cc2ccccc2)n1. The van der Waals surface area contributed by atoms with Gasteiger partial charge in [0.15, 0.2) is 0 Å². The van der Waals surface area contributed by atoms with Crippen LogP contribution in [0.5, 0.6) is 11.8 Å². The van der Waals surface area contributed by atoms with Gasteiger partial charge in [0.25, 0.3) is 5.91 Å². The third-order valence-corrected chi connectivity index (χ3v) is 4.27. The van der Waals surface area contributed by atoms with E-state index in [4.69, 9.17) is 9.47 Å². The summed E-state index contributed by atoms with van der Waals surface area (Å²) in [6, 6.07) is 13.3. The highest BCUT2D eigenvalue weighted by atomic mass is 32.1. The molecule has 1 atom stereocenters. The summed E-state index contributed by atoms with van der Waals surface area (Å²) >= 11 is 1.24. The minimum atomic E-state index is -0.326. The van der Waals surface area contributed by atoms with Crippen molar-refractivity contribution in [2.45, 2.75) is 39.4 Å². The lowest BCUT2D eigenvalue weighted by Crippen LogP contribution is -2.18. The van der Waals surface area contributed by atoms with Crippen LogP contribution in [0.15, 0.2) is 48.0 Å². The van der Waals surface area contributed by atoms with Crippen LogP contribution < -0.4 is 14.8 Å². The van der Waals surface area contributed by atoms with Gasteiger partial charge in [-0.15, -0.1) is 10.2 Å². The Bertz CT molecular complexity index is 901. The topological polar surface area (TPSA) is 86.2 Å². The first kappa shape index (κ1) is 19.8. The van der Waals surface area contributed by atoms with Gasteiger partial charge in [-0.05, 0) is 26.3 Å². The van der Waals surface area contributed by atoms with Gasteiger partial charge >= 0.3 is 0 Å². The lowest BCUT2D eigenvalue weighted by Gasteiger charge is -2.16. The van der Waals surface area contributed by atoms with Crippen LogP contribution in [0, 0.1) is 0 Å². The molecule has 0 aliphatic heterocycles. The van der Waals surface area contributed by atoms with E-state index in [0.717, 1.165) is 6.42 Å². The van der Waals surface area contributed by atoms with Crippen molar-refractivity contribution in [2.24, 2.45) is 0 Å². The molecule has 28 heavy (non-hydrogen) atoms. The average Bonchev–Trinajstić information content (AvgIpc) is 3.14. The minimum absolute atomic E-state index is 0.0800. The number of benzene rings is 1. The average molecular weight is 398 g/mol. The fourth-order valence-electron chi connectivity index (χ4n) is 2.56. The molecule has 0 radical (unpaired) electrons. The molecular formula is C20H22N4O3S. The number of pyridine rings is 1. The highest BCUT2D eigenvalue weighted by Crippen LogP contribution is 2.22. The number of aromatic nitrogens is 3. The maximum atomic E-state index is 12.6. The maximum absolute atomic E-state index is 12.6. The first-order chi connectivity index (χ1) is 13.5. The standard InChI is InChI=1S/C20H22N4O3S/c1-13(2)26-17-10-16(19(25)23-20-24-21-12-28-20)11-18(22-17)27-14(3)9-15-7-5-4-6-8-15/h4-8,10-14H,9H2,1-3H3,(H,23,24,25)/t14-/m1/s1. The van der Waals surface area contributed by atoms with E-state index in [0.29, 0.717) is 22.5 Å². The second-order valence-corrected chi connectivity index (χ2v) is 7.35. The van der Waals surface area contributed by atoms with Crippen LogP contribution in [0.2, 0.25) is 0 Å². The molecule has 0 aliphatic carbocycles. The lowest BCUT2D eigenvalue weighted by atomic mass is 10.1. The fraction of sp³-hybridized carbons (Fsp3) is 0.300. The molecule has 0 unspecified atom stereocenters. The second kappa shape index (κ2) is 9.27. The zero-order chi connectivity index (χ0) is 19.9. The molecule has 0 bridgehead atoms. The molecule has 1 amide bonds. The number of rotatable bonds is 8. The Balaban J connectivity index is 1.77. The molecule has 3 aromatic rings. The number of amides is 1. The summed E-state index contributed by atoms with van der Waals surface area (Å²) in [6.07, 6.45) is 0.524. The van der Waals surface area contributed by atoms with E-state index in [-0.39, 0.29) is 18.1 Å². The third-order valence-electron chi connectivity index (χ3n) is 3.67. The highest BCUT2D eigenvalue weighted by Gasteiger charge is 2.15. The number of ether oxygens (including phenoxy) is 2. The van der Waals surface area contributed by atoms with Crippen LogP contribution in [0.4, 0.5) is 5.13 Å². The van der Waals surface area contributed by atoms with E-state index in [2.05, 4.69) is 20.5 Å². The number of hydrogen-bond donors (Lipinski definition) is 1. The number of carbonyl (C=O) groups is 1. The Morgan fingerprint density at radius 2 is 1.82 bits per heavy atom. The molecule has 146 valence electrons. The minimum Gasteiger partial charge on any atom is -0.475 e. The van der Waals surface area contributed by atoms with E-state index < -0.39 is 0 Å². The van der Waals surface area contributed by atoms with Crippen LogP contribution in [0.1, 0.15) is 36.7 Å². The number of anilines is 1. The Kier molecular flexibility index (Phi) is 6.54. The molecule has 0 saturated carbocycles. The van der Waals surface area contributed by atoms with E-state index in [1.807, 2.05) is 51.1 Å². The van der Waals surface area contributed by atoms with Gasteiger partial charge in [-0.2, -0.15) is 4.98 Å². The van der Waals surface area contributed by atoms with Crippen molar-refractivity contribution in [3.63, 3.8) is 0 Å². The molecule has 1 N–H and O–H groups in total. The largest absolute Gasteiger partial charge is 0.475 e. The van der Waals surface area contributed by atoms with Crippen LogP contribution in [-0.2, 0) is 6.42 Å². The first-order valence-corrected chi connectivity index (χ1v) is 9.84. The summed E-state index contributed by atoms with van der Waals surface area (Å²) in [6.45, 7) is 5.76. The van der Waals surface area contributed by atoms with Gasteiger partial charge in [0.1, 0.15) is 11.6 Å². The van der Waals surface area contributed by atoms with Gasteiger partial charge in [-0.25, -0.2) is 0 Å². The van der Waals surface area contributed by atoms with Crippen LogP contribution in [0.3, 0.4) is 0 Å². The normalized spacial score (nSPS) is 11.9. The molecule has 0 fully saturated rings. The molecule has 0 aliphatic rings. The molecule has 1 aromatic carbocycles. The molecule has 0 saturated heterocycles. The van der Waals surface area contributed by atoms with Crippen LogP contribution >= 0.6 is 11.3 Å². The van der Waals surface area contributed by atoms with Crippen molar-refractivity contribution in [2.75, 3.05) is 5.32 Å². The first-order valence-electron chi connectivity index (χ1n) is 8.96. The smallest absolute Gasteiger partial charge is 0.257 e. The molecule has 7 nitrogen and oxygen atoms in total. The molecule has 3 rings (SSSR count). The van der Waals surface area contributed by atoms with Gasteiger partial charge < -0.3 is 9.47 Å². The Morgan fingerprint density at radius 1 is 1.11 bits per heavy atom. The Hall–Kier alpha value is -3.00. The zero-order valence-corrected chi connectivity index (χ0v) is 16.8. The highest BCUT2D eigenvalue weighted by molar-refractivity contribution is 7.13. The quantitative estimate of drug-likeness (QED) is 0.618. The van der Waals surface area contributed by atoms with Gasteiger partial charge in [0, 0.05) is 18.6 Å². The maximum Gasteiger partial charge on any atom is 0.257 e. The summed E-state index contributed by atoms with van der Waals surface area (Å²) in [7, 11) is 0. The molecular weight excluding hydrogens is 376 g/mol. The predicted octanol–water partition coefficient (Wildman–Crippen LogP) is 3.98. The van der Waals surface area contributed by atoms with E-state index in [1.54, 1.807) is 17.6 Å². The number of nitrogens with zero attached hydrogens (tertiary/aromatic N) is 3. The molecule has 2 heterocycles. The van der Waals surface area contributed by atoms with Crippen LogP contribution in [0.25, 0.3) is 0 Å². The van der Waals surface area contributed by atoms with Gasteiger partial charge in [-0.1, -0.05) is 41.7 Å². The van der Waals surface area contributed by atoms with Gasteiger partial charge in [-0.3, -0.25) is 10.1 Å². The van der Waals surface area contributed by atoms with Crippen molar-refractivity contribution in [1.29, 1.82) is 0 Å². The second-order valence-electron chi connectivity index (χ2n) is 6.52. The van der Waals surface area contributed by atoms with E-state index in [9.17, 15) is 4.79 Å². The van der Waals surface area contributed by atoms with Crippen molar-refractivity contribution in [3.05, 3.63) is 59.1 Å². The predicted molar refractivity (Wildman–Crippen MR) is 108 cm³/mol. The van der Waals surface area contributed by atoms with Crippen molar-refractivity contribution in [1.82, 2.24) is 15.2 Å². The summed E-state index contributed by atoms with van der Waals surface area (Å²) < 4.78 is 11.7. The number of nitrogens with one attached hydrogen (secondary N) is 1. The number of hydrogen-bond acceptors (Lipinski definition) is 7. The lowest BCUT2D eigenvalue weighted by molar-refractivity contribution is 0.102. The van der Waals surface area contributed by atoms with Gasteiger partial charge in [0.05, 0.1) is 11.7 Å². The van der Waals surface area contributed by atoms with Crippen molar-refractivity contribution >= 4 is 22.4 Å². The third kappa shape index (κ3) is 5.75. The fourth-order valence-corrected chi connectivity index (χ4v) is 3.00. The number of carbonyl (C=O) groups excluding carboxylic acids is 1. The molecule has 0 spiro atoms. The summed E-state index contributed by atoms with van der Waals surface area (Å²) in [4.78, 5) is 17.0. The van der Waals surface area contributed by atoms with E-state index >= 15 is 0 Å². The van der Waals surface area contributed by atoms with Crippen molar-refractivity contribution < 1.29 is 14.3 Å². The molecule has 8 heteroatoms. The zero-order valence-electron chi connectivity index (χ0n) is 16.0. The van der Waals surface area contributed by atoms with Crippen molar-refractivity contribution in [3.8, 4) is 11.8 Å². The van der Waals surface area contributed by atoms with Crippen LogP contribution in [-0.4, -0.2) is 33.3 Å². The van der Waals surface area contributed by atoms with Gasteiger partial charge in [0.2, 0.25) is 16.9 Å². The summed E-state index contributed by atoms with van der Waals surface area (Å²) in [5, 5.41) is 10.7. The Labute approximate surface area is 167 Å². The summed E-state index contributed by atoms with van der Waals surface area (Å²) in [5.74, 6) is 0.346. The monoisotopic (exact) mass is 398 g/mol. The Morgan fingerprint density at radius 3 is 2.46 bits per heavy atom.